The van der Waals surface area contributed by atoms with E-state index in [1.54, 1.807) is 20.8 Å². The monoisotopic (exact) mass is 317 g/mol. The van der Waals surface area contributed by atoms with Crippen LogP contribution < -0.4 is 4.90 Å². The average Bonchev–Trinajstić information content (AvgIpc) is 2.13. The number of hydrogen-bond acceptors (Lipinski definition) is 5. The minimum Gasteiger partial charge on any atom is -0.464 e. The number of halogens is 1. The van der Waals surface area contributed by atoms with Crippen LogP contribution >= 0.6 is 15.9 Å². The number of amides is 2. The predicted octanol–water partition coefficient (Wildman–Crippen LogP) is 2.66. The van der Waals surface area contributed by atoms with Gasteiger partial charge < -0.3 is 9.84 Å². The van der Waals surface area contributed by atoms with Crippen molar-refractivity contribution in [2.24, 2.45) is 0 Å². The fourth-order valence-electron chi connectivity index (χ4n) is 1.02. The first-order chi connectivity index (χ1) is 8.20. The van der Waals surface area contributed by atoms with Crippen molar-refractivity contribution in [3.63, 3.8) is 0 Å². The first kappa shape index (κ1) is 14.4. The Hall–Kier alpha value is -1.70. The number of ether oxygens (including phenoxy) is 1. The number of rotatable bonds is 1. The van der Waals surface area contributed by atoms with E-state index in [0.717, 1.165) is 6.33 Å². The third-order valence-electron chi connectivity index (χ3n) is 1.62. The topological polar surface area (TPSA) is 92.6 Å². The molecule has 1 heterocycles. The van der Waals surface area contributed by atoms with Gasteiger partial charge in [0.2, 0.25) is 0 Å². The molecule has 1 aromatic rings. The van der Waals surface area contributed by atoms with E-state index < -0.39 is 17.8 Å². The molecular formula is C10H12BrN3O4. The van der Waals surface area contributed by atoms with E-state index in [9.17, 15) is 9.59 Å². The van der Waals surface area contributed by atoms with Crippen molar-refractivity contribution in [2.45, 2.75) is 26.4 Å². The Bertz CT molecular complexity index is 472. The van der Waals surface area contributed by atoms with Gasteiger partial charge in [0, 0.05) is 6.07 Å². The summed E-state index contributed by atoms with van der Waals surface area (Å²) in [4.78, 5) is 30.7. The summed E-state index contributed by atoms with van der Waals surface area (Å²) in [6, 6.07) is 1.30. The van der Waals surface area contributed by atoms with E-state index >= 15 is 0 Å². The number of carboxylic acid groups (broad SMARTS) is 1. The Labute approximate surface area is 112 Å². The molecule has 8 heteroatoms. The highest BCUT2D eigenvalue weighted by molar-refractivity contribution is 9.10. The molecule has 0 spiro atoms. The van der Waals surface area contributed by atoms with Crippen molar-refractivity contribution < 1.29 is 19.4 Å². The molecule has 0 radical (unpaired) electrons. The Morgan fingerprint density at radius 1 is 1.39 bits per heavy atom. The average molecular weight is 318 g/mol. The molecule has 0 saturated carbocycles. The molecule has 0 aromatic carbocycles. The Balaban J connectivity index is 3.04. The zero-order valence-corrected chi connectivity index (χ0v) is 11.6. The van der Waals surface area contributed by atoms with Crippen molar-refractivity contribution in [3.05, 3.63) is 17.0 Å². The molecular weight excluding hydrogens is 306 g/mol. The van der Waals surface area contributed by atoms with Gasteiger partial charge in [0.15, 0.2) is 5.82 Å². The summed E-state index contributed by atoms with van der Waals surface area (Å²) in [6.07, 6.45) is -1.35. The lowest BCUT2D eigenvalue weighted by atomic mass is 10.2. The van der Waals surface area contributed by atoms with Gasteiger partial charge in [-0.15, -0.1) is 0 Å². The molecule has 7 nitrogen and oxygen atoms in total. The van der Waals surface area contributed by atoms with Crippen LogP contribution in [0.3, 0.4) is 0 Å². The molecule has 0 aliphatic carbocycles. The molecule has 1 aromatic heterocycles. The second kappa shape index (κ2) is 5.30. The van der Waals surface area contributed by atoms with Gasteiger partial charge in [-0.25, -0.2) is 19.6 Å². The van der Waals surface area contributed by atoms with Gasteiger partial charge in [0.1, 0.15) is 16.5 Å². The number of imide groups is 1. The van der Waals surface area contributed by atoms with E-state index in [1.807, 2.05) is 0 Å². The van der Waals surface area contributed by atoms with E-state index in [-0.39, 0.29) is 5.82 Å². The van der Waals surface area contributed by atoms with Gasteiger partial charge in [-0.1, -0.05) is 0 Å². The summed E-state index contributed by atoms with van der Waals surface area (Å²) in [5.41, 5.74) is -0.797. The van der Waals surface area contributed by atoms with Crippen molar-refractivity contribution in [2.75, 3.05) is 4.90 Å². The van der Waals surface area contributed by atoms with Crippen LogP contribution in [0.1, 0.15) is 20.8 Å². The lowest BCUT2D eigenvalue weighted by Crippen LogP contribution is -2.40. The molecule has 1 rings (SSSR count). The van der Waals surface area contributed by atoms with Crippen LogP contribution in [0.15, 0.2) is 17.0 Å². The van der Waals surface area contributed by atoms with E-state index in [0.29, 0.717) is 9.50 Å². The van der Waals surface area contributed by atoms with E-state index in [1.165, 1.54) is 6.07 Å². The molecule has 18 heavy (non-hydrogen) atoms. The van der Waals surface area contributed by atoms with Crippen LogP contribution in [0.2, 0.25) is 0 Å². The molecule has 0 fully saturated rings. The maximum Gasteiger partial charge on any atom is 0.425 e. The quantitative estimate of drug-likeness (QED) is 0.800. The van der Waals surface area contributed by atoms with Crippen LogP contribution in [-0.4, -0.2) is 32.9 Å². The second-order valence-corrected chi connectivity index (χ2v) is 5.11. The highest BCUT2D eigenvalue weighted by Crippen LogP contribution is 2.18. The molecule has 0 aliphatic rings. The zero-order chi connectivity index (χ0) is 13.9. The number of hydrogen-bond donors (Lipinski definition) is 1. The van der Waals surface area contributed by atoms with Crippen molar-refractivity contribution in [1.82, 2.24) is 9.97 Å². The Morgan fingerprint density at radius 2 is 2.00 bits per heavy atom. The summed E-state index contributed by atoms with van der Waals surface area (Å²) < 4.78 is 5.35. The third-order valence-corrected chi connectivity index (χ3v) is 2.05. The largest absolute Gasteiger partial charge is 0.464 e. The molecule has 0 bridgehead atoms. The molecule has 0 aliphatic heterocycles. The summed E-state index contributed by atoms with van der Waals surface area (Å²) in [6.45, 7) is 4.92. The van der Waals surface area contributed by atoms with Crippen LogP contribution in [0.4, 0.5) is 15.4 Å². The lowest BCUT2D eigenvalue weighted by Gasteiger charge is -2.23. The van der Waals surface area contributed by atoms with Crippen LogP contribution in [0, 0.1) is 0 Å². The van der Waals surface area contributed by atoms with Gasteiger partial charge in [0.25, 0.3) is 0 Å². The summed E-state index contributed by atoms with van der Waals surface area (Å²) >= 11 is 3.07. The zero-order valence-electron chi connectivity index (χ0n) is 10.0. The highest BCUT2D eigenvalue weighted by atomic mass is 79.9. The van der Waals surface area contributed by atoms with Crippen LogP contribution in [0.5, 0.6) is 0 Å². The maximum atomic E-state index is 11.8. The minimum absolute atomic E-state index is 0.0846. The number of carbonyl (C=O) groups is 2. The summed E-state index contributed by atoms with van der Waals surface area (Å²) in [5, 5.41) is 9.03. The molecule has 0 unspecified atom stereocenters. The third kappa shape index (κ3) is 3.95. The maximum absolute atomic E-state index is 11.8. The molecule has 1 N–H and O–H groups in total. The standard InChI is InChI=1S/C10H12BrN3O4/c1-10(2,3)18-9(17)14(8(15)16)7-4-6(11)12-5-13-7/h4-5H,1-3H3,(H,15,16). The minimum atomic E-state index is -1.48. The predicted molar refractivity (Wildman–Crippen MR) is 66.5 cm³/mol. The highest BCUT2D eigenvalue weighted by Gasteiger charge is 2.29. The molecule has 0 saturated heterocycles. The Kier molecular flexibility index (Phi) is 4.23. The summed E-state index contributed by atoms with van der Waals surface area (Å²) in [7, 11) is 0. The number of anilines is 1. The molecule has 2 amide bonds. The number of aromatic nitrogens is 2. The van der Waals surface area contributed by atoms with Crippen molar-refractivity contribution in [3.8, 4) is 0 Å². The van der Waals surface area contributed by atoms with Gasteiger partial charge in [-0.05, 0) is 36.7 Å². The van der Waals surface area contributed by atoms with Gasteiger partial charge in [0.05, 0.1) is 0 Å². The van der Waals surface area contributed by atoms with Crippen molar-refractivity contribution >= 4 is 33.9 Å². The number of carbonyl (C=O) groups excluding carboxylic acids is 1. The Morgan fingerprint density at radius 3 is 2.44 bits per heavy atom. The second-order valence-electron chi connectivity index (χ2n) is 4.30. The first-order valence-electron chi connectivity index (χ1n) is 4.94. The fraction of sp³-hybridized carbons (Fsp3) is 0.400. The van der Waals surface area contributed by atoms with E-state index in [4.69, 9.17) is 9.84 Å². The van der Waals surface area contributed by atoms with E-state index in [2.05, 4.69) is 25.9 Å². The van der Waals surface area contributed by atoms with Gasteiger partial charge >= 0.3 is 12.2 Å². The first-order valence-corrected chi connectivity index (χ1v) is 5.73. The van der Waals surface area contributed by atoms with Crippen LogP contribution in [-0.2, 0) is 4.74 Å². The normalized spacial score (nSPS) is 10.9. The fourth-order valence-corrected chi connectivity index (χ4v) is 1.32. The molecule has 98 valence electrons. The van der Waals surface area contributed by atoms with Crippen molar-refractivity contribution in [1.29, 1.82) is 0 Å². The molecule has 0 atom stereocenters. The SMILES string of the molecule is CC(C)(C)OC(=O)N(C(=O)O)c1cc(Br)ncn1. The smallest absolute Gasteiger partial charge is 0.425 e. The number of nitrogens with zero attached hydrogens (tertiary/aromatic N) is 3. The van der Waals surface area contributed by atoms with Gasteiger partial charge in [-0.3, -0.25) is 0 Å². The summed E-state index contributed by atoms with van der Waals surface area (Å²) in [5.74, 6) is -0.0846. The van der Waals surface area contributed by atoms with Crippen LogP contribution in [0.25, 0.3) is 0 Å². The lowest BCUT2D eigenvalue weighted by molar-refractivity contribution is 0.0581. The van der Waals surface area contributed by atoms with Gasteiger partial charge in [-0.2, -0.15) is 4.90 Å².